The highest BCUT2D eigenvalue weighted by Gasteiger charge is 2.48. The summed E-state index contributed by atoms with van der Waals surface area (Å²) < 4.78 is 0. The van der Waals surface area contributed by atoms with E-state index in [1.165, 1.54) is 89.9 Å². The van der Waals surface area contributed by atoms with Crippen molar-refractivity contribution in [1.82, 2.24) is 0 Å². The van der Waals surface area contributed by atoms with Gasteiger partial charge in [0.15, 0.2) is 0 Å². The Bertz CT molecular complexity index is 543. The highest BCUT2D eigenvalue weighted by atomic mass is 14.5. The van der Waals surface area contributed by atoms with Gasteiger partial charge in [0.1, 0.15) is 0 Å². The molecular formula is C35H66. The van der Waals surface area contributed by atoms with E-state index < -0.39 is 0 Å². The maximum Gasteiger partial charge on any atom is -0.0241 e. The molecule has 0 bridgehead atoms. The lowest BCUT2D eigenvalue weighted by Gasteiger charge is -2.54. The molecule has 3 atom stereocenters. The molecule has 0 heteroatoms. The van der Waals surface area contributed by atoms with Gasteiger partial charge >= 0.3 is 0 Å². The predicted octanol–water partition coefficient (Wildman–Crippen LogP) is 11.6. The Kier molecular flexibility index (Phi) is 11.6. The van der Waals surface area contributed by atoms with Crippen LogP contribution >= 0.6 is 0 Å². The molecule has 0 aliphatic heterocycles. The number of unbranched alkanes of at least 4 members (excludes halogenated alkanes) is 1. The van der Waals surface area contributed by atoms with Crippen molar-refractivity contribution in [3.63, 3.8) is 0 Å². The average molecular weight is 487 g/mol. The molecule has 0 aromatic heterocycles. The van der Waals surface area contributed by atoms with Crippen molar-refractivity contribution in [3.8, 4) is 0 Å². The van der Waals surface area contributed by atoms with E-state index in [0.29, 0.717) is 5.41 Å². The maximum atomic E-state index is 2.82. The Labute approximate surface area is 222 Å². The zero-order chi connectivity index (χ0) is 25.6. The molecule has 0 aromatic carbocycles. The van der Waals surface area contributed by atoms with Crippen molar-refractivity contribution >= 4 is 0 Å². The molecule has 3 aliphatic rings. The van der Waals surface area contributed by atoms with Crippen LogP contribution in [0.25, 0.3) is 0 Å². The van der Waals surface area contributed by atoms with Gasteiger partial charge < -0.3 is 0 Å². The van der Waals surface area contributed by atoms with Gasteiger partial charge in [0.2, 0.25) is 0 Å². The molecule has 3 unspecified atom stereocenters. The van der Waals surface area contributed by atoms with E-state index in [4.69, 9.17) is 0 Å². The minimum atomic E-state index is 0.632. The van der Waals surface area contributed by atoms with Crippen molar-refractivity contribution in [2.24, 2.45) is 64.6 Å². The molecule has 3 saturated carbocycles. The Balaban J connectivity index is 1.53. The first-order valence-corrected chi connectivity index (χ1v) is 16.6. The van der Waals surface area contributed by atoms with Gasteiger partial charge in [-0.2, -0.15) is 0 Å². The molecule has 0 N–H and O–H groups in total. The molecule has 3 rings (SSSR count). The third kappa shape index (κ3) is 7.76. The van der Waals surface area contributed by atoms with Gasteiger partial charge in [0.05, 0.1) is 0 Å². The average Bonchev–Trinajstić information content (AvgIpc) is 2.86. The van der Waals surface area contributed by atoms with Gasteiger partial charge in [0, 0.05) is 0 Å². The molecule has 0 heterocycles. The van der Waals surface area contributed by atoms with Gasteiger partial charge in [-0.15, -0.1) is 0 Å². The van der Waals surface area contributed by atoms with Gasteiger partial charge in [-0.25, -0.2) is 0 Å². The molecule has 0 amide bonds. The summed E-state index contributed by atoms with van der Waals surface area (Å²) in [5, 5.41) is 0. The first-order chi connectivity index (χ1) is 16.6. The van der Waals surface area contributed by atoms with Gasteiger partial charge in [-0.3, -0.25) is 0 Å². The van der Waals surface area contributed by atoms with Crippen LogP contribution in [0.4, 0.5) is 0 Å². The summed E-state index contributed by atoms with van der Waals surface area (Å²) in [6.45, 7) is 20.3. The summed E-state index contributed by atoms with van der Waals surface area (Å²) in [7, 11) is 0. The first-order valence-electron chi connectivity index (χ1n) is 16.6. The number of hydrogen-bond acceptors (Lipinski definition) is 0. The van der Waals surface area contributed by atoms with Crippen LogP contribution in [0.2, 0.25) is 0 Å². The van der Waals surface area contributed by atoms with E-state index in [0.717, 1.165) is 59.2 Å². The van der Waals surface area contributed by atoms with E-state index in [1.807, 2.05) is 0 Å². The summed E-state index contributed by atoms with van der Waals surface area (Å²) in [4.78, 5) is 0. The minimum Gasteiger partial charge on any atom is -0.0625 e. The summed E-state index contributed by atoms with van der Waals surface area (Å²) >= 11 is 0. The Hall–Kier alpha value is 0. The normalized spacial score (nSPS) is 36.9. The monoisotopic (exact) mass is 487 g/mol. The SMILES string of the molecule is CC1CCC(C(C)(C2CCC(C)CC2)C2CCC(C(C)C(C)CCCCC(C)C(C)C)CC2)CC1. The molecule has 0 aromatic rings. The molecule has 35 heavy (non-hydrogen) atoms. The fourth-order valence-electron chi connectivity index (χ4n) is 9.02. The summed E-state index contributed by atoms with van der Waals surface area (Å²) in [6, 6.07) is 0. The van der Waals surface area contributed by atoms with Crippen LogP contribution in [0, 0.1) is 64.6 Å². The second kappa shape index (κ2) is 13.7. The highest BCUT2D eigenvalue weighted by Crippen LogP contribution is 2.58. The molecule has 0 saturated heterocycles. The Morgan fingerprint density at radius 2 is 0.914 bits per heavy atom. The van der Waals surface area contributed by atoms with Crippen molar-refractivity contribution in [1.29, 1.82) is 0 Å². The van der Waals surface area contributed by atoms with Gasteiger partial charge in [0.25, 0.3) is 0 Å². The predicted molar refractivity (Wildman–Crippen MR) is 157 cm³/mol. The van der Waals surface area contributed by atoms with Crippen LogP contribution in [0.15, 0.2) is 0 Å². The molecule has 0 nitrogen and oxygen atoms in total. The highest BCUT2D eigenvalue weighted by molar-refractivity contribution is 4.98. The lowest BCUT2D eigenvalue weighted by Crippen LogP contribution is -2.46. The van der Waals surface area contributed by atoms with Crippen LogP contribution in [-0.4, -0.2) is 0 Å². The summed E-state index contributed by atoms with van der Waals surface area (Å²) in [5.41, 5.74) is 0.632. The van der Waals surface area contributed by atoms with Crippen LogP contribution in [0.5, 0.6) is 0 Å². The largest absolute Gasteiger partial charge is 0.0625 e. The molecule has 206 valence electrons. The third-order valence-corrected chi connectivity index (χ3v) is 12.8. The standard InChI is InChI=1S/C35H66/c1-25(2)28(5)11-9-10-12-29(6)30(7)31-17-23-34(24-18-31)35(8,32-19-13-26(3)14-20-32)33-21-15-27(4)16-22-33/h25-34H,9-24H2,1-8H3. The summed E-state index contributed by atoms with van der Waals surface area (Å²) in [5.74, 6) is 9.59. The topological polar surface area (TPSA) is 0 Å². The van der Waals surface area contributed by atoms with Crippen LogP contribution in [0.1, 0.15) is 158 Å². The van der Waals surface area contributed by atoms with E-state index in [2.05, 4.69) is 55.4 Å². The lowest BCUT2D eigenvalue weighted by molar-refractivity contribution is -0.0493. The number of hydrogen-bond donors (Lipinski definition) is 0. The molecule has 3 aliphatic carbocycles. The molecule has 0 radical (unpaired) electrons. The second-order valence-electron chi connectivity index (χ2n) is 15.2. The third-order valence-electron chi connectivity index (χ3n) is 12.8. The van der Waals surface area contributed by atoms with Crippen LogP contribution in [-0.2, 0) is 0 Å². The second-order valence-corrected chi connectivity index (χ2v) is 15.2. The minimum absolute atomic E-state index is 0.632. The van der Waals surface area contributed by atoms with Crippen molar-refractivity contribution in [2.75, 3.05) is 0 Å². The van der Waals surface area contributed by atoms with Crippen LogP contribution in [0.3, 0.4) is 0 Å². The van der Waals surface area contributed by atoms with E-state index in [-0.39, 0.29) is 0 Å². The van der Waals surface area contributed by atoms with Crippen LogP contribution < -0.4 is 0 Å². The fourth-order valence-corrected chi connectivity index (χ4v) is 9.02. The maximum absolute atomic E-state index is 2.82. The first kappa shape index (κ1) is 29.6. The smallest absolute Gasteiger partial charge is 0.0241 e. The Morgan fingerprint density at radius 3 is 1.31 bits per heavy atom. The quantitative estimate of drug-likeness (QED) is 0.255. The van der Waals surface area contributed by atoms with Crippen molar-refractivity contribution < 1.29 is 0 Å². The fraction of sp³-hybridized carbons (Fsp3) is 1.00. The van der Waals surface area contributed by atoms with Crippen molar-refractivity contribution in [3.05, 3.63) is 0 Å². The zero-order valence-electron chi connectivity index (χ0n) is 25.6. The number of rotatable bonds is 11. The zero-order valence-corrected chi connectivity index (χ0v) is 25.6. The van der Waals surface area contributed by atoms with Gasteiger partial charge in [-0.1, -0.05) is 107 Å². The lowest BCUT2D eigenvalue weighted by atomic mass is 9.51. The Morgan fingerprint density at radius 1 is 0.543 bits per heavy atom. The summed E-state index contributed by atoms with van der Waals surface area (Å²) in [6.07, 6.45) is 24.1. The van der Waals surface area contributed by atoms with E-state index in [9.17, 15) is 0 Å². The molecular weight excluding hydrogens is 420 g/mol. The van der Waals surface area contributed by atoms with Crippen molar-refractivity contribution in [2.45, 2.75) is 158 Å². The van der Waals surface area contributed by atoms with E-state index in [1.54, 1.807) is 12.8 Å². The van der Waals surface area contributed by atoms with E-state index >= 15 is 0 Å². The molecule has 0 spiro atoms. The van der Waals surface area contributed by atoms with Gasteiger partial charge in [-0.05, 0) is 116 Å². The molecule has 3 fully saturated rings.